The summed E-state index contributed by atoms with van der Waals surface area (Å²) in [5, 5.41) is 15.0. The number of benzene rings is 1. The van der Waals surface area contributed by atoms with E-state index in [0.717, 1.165) is 12.8 Å². The van der Waals surface area contributed by atoms with Crippen LogP contribution < -0.4 is 20.1 Å². The number of carbonyl (C=O) groups is 2. The predicted molar refractivity (Wildman–Crippen MR) is 77.6 cm³/mol. The van der Waals surface area contributed by atoms with Crippen LogP contribution in [0.5, 0.6) is 11.5 Å². The molecule has 1 saturated carbocycles. The predicted octanol–water partition coefficient (Wildman–Crippen LogP) is 0.631. The lowest BCUT2D eigenvalue weighted by Gasteiger charge is -2.22. The van der Waals surface area contributed by atoms with Gasteiger partial charge in [0.1, 0.15) is 0 Å². The number of carbonyl (C=O) groups excluding carboxylic acids is 2. The topological polar surface area (TPSA) is 96.9 Å². The van der Waals surface area contributed by atoms with Crippen LogP contribution >= 0.6 is 0 Å². The summed E-state index contributed by atoms with van der Waals surface area (Å²) in [7, 11) is 0. The van der Waals surface area contributed by atoms with Crippen LogP contribution in [0.3, 0.4) is 0 Å². The lowest BCUT2D eigenvalue weighted by molar-refractivity contribution is -0.136. The van der Waals surface area contributed by atoms with Crippen molar-refractivity contribution in [2.45, 2.75) is 25.4 Å². The summed E-state index contributed by atoms with van der Waals surface area (Å²) in [4.78, 5) is 23.6. The molecule has 0 bridgehead atoms. The van der Waals surface area contributed by atoms with Gasteiger partial charge in [0.2, 0.25) is 6.79 Å². The van der Waals surface area contributed by atoms with Crippen molar-refractivity contribution in [2.75, 3.05) is 18.7 Å². The highest BCUT2D eigenvalue weighted by Gasteiger charge is 2.40. The van der Waals surface area contributed by atoms with Crippen LogP contribution in [0, 0.1) is 5.92 Å². The summed E-state index contributed by atoms with van der Waals surface area (Å²) in [6, 6.07) is 4.88. The van der Waals surface area contributed by atoms with Crippen LogP contribution in [0.4, 0.5) is 5.69 Å². The van der Waals surface area contributed by atoms with Gasteiger partial charge >= 0.3 is 11.8 Å². The zero-order chi connectivity index (χ0) is 15.7. The average Bonchev–Trinajstić information content (AvgIpc) is 3.25. The Morgan fingerprint density at radius 2 is 2.00 bits per heavy atom. The van der Waals surface area contributed by atoms with Gasteiger partial charge in [0.05, 0.1) is 5.60 Å². The molecular formula is C15H18N2O5. The van der Waals surface area contributed by atoms with E-state index in [0.29, 0.717) is 17.2 Å². The molecule has 2 amide bonds. The zero-order valence-electron chi connectivity index (χ0n) is 12.2. The molecule has 118 valence electrons. The maximum atomic E-state index is 11.8. The number of amides is 2. The minimum Gasteiger partial charge on any atom is -0.454 e. The van der Waals surface area contributed by atoms with E-state index in [1.54, 1.807) is 25.1 Å². The molecule has 1 fully saturated rings. The monoisotopic (exact) mass is 306 g/mol. The SMILES string of the molecule is CC(O)(CNC(=O)C(=O)Nc1ccc2c(c1)OCO2)C1CC1. The van der Waals surface area contributed by atoms with Crippen LogP contribution in [0.15, 0.2) is 18.2 Å². The first-order valence-corrected chi connectivity index (χ1v) is 7.17. The molecule has 22 heavy (non-hydrogen) atoms. The lowest BCUT2D eigenvalue weighted by Crippen LogP contribution is -2.45. The minimum absolute atomic E-state index is 0.0606. The normalized spacial score (nSPS) is 18.5. The van der Waals surface area contributed by atoms with Crippen LogP contribution in [-0.4, -0.2) is 35.9 Å². The molecule has 1 unspecified atom stereocenters. The second-order valence-corrected chi connectivity index (χ2v) is 5.84. The standard InChI is InChI=1S/C15H18N2O5/c1-15(20,9-2-3-9)7-16-13(18)14(19)17-10-4-5-11-12(6-10)22-8-21-11/h4-6,9,20H,2-3,7-8H2,1H3,(H,16,18)(H,17,19). The van der Waals surface area contributed by atoms with Gasteiger partial charge in [-0.3, -0.25) is 9.59 Å². The molecule has 0 saturated heterocycles. The van der Waals surface area contributed by atoms with Gasteiger partial charge in [0.25, 0.3) is 0 Å². The molecule has 2 aliphatic rings. The van der Waals surface area contributed by atoms with Crippen LogP contribution in [0.25, 0.3) is 0 Å². The molecule has 0 aromatic heterocycles. The van der Waals surface area contributed by atoms with Crippen molar-refractivity contribution >= 4 is 17.5 Å². The Labute approximate surface area is 127 Å². The number of hydrogen-bond donors (Lipinski definition) is 3. The number of nitrogens with one attached hydrogen (secondary N) is 2. The van der Waals surface area contributed by atoms with E-state index in [-0.39, 0.29) is 19.3 Å². The Morgan fingerprint density at radius 1 is 1.27 bits per heavy atom. The van der Waals surface area contributed by atoms with Crippen molar-refractivity contribution in [1.29, 1.82) is 0 Å². The summed E-state index contributed by atoms with van der Waals surface area (Å²) in [6.45, 7) is 1.87. The van der Waals surface area contributed by atoms with Crippen molar-refractivity contribution in [3.8, 4) is 11.5 Å². The van der Waals surface area contributed by atoms with Crippen LogP contribution in [0.2, 0.25) is 0 Å². The molecule has 3 N–H and O–H groups in total. The maximum absolute atomic E-state index is 11.8. The number of rotatable bonds is 4. The van der Waals surface area contributed by atoms with Crippen molar-refractivity contribution in [3.05, 3.63) is 18.2 Å². The fourth-order valence-electron chi connectivity index (χ4n) is 2.35. The van der Waals surface area contributed by atoms with Crippen molar-refractivity contribution < 1.29 is 24.2 Å². The van der Waals surface area contributed by atoms with Crippen molar-refractivity contribution in [1.82, 2.24) is 5.32 Å². The Bertz CT molecular complexity index is 610. The van der Waals surface area contributed by atoms with Gasteiger partial charge in [0, 0.05) is 18.3 Å². The molecule has 0 radical (unpaired) electrons. The van der Waals surface area contributed by atoms with Gasteiger partial charge in [-0.05, 0) is 37.8 Å². The third-order valence-corrected chi connectivity index (χ3v) is 3.90. The molecule has 1 heterocycles. The Balaban J connectivity index is 1.53. The van der Waals surface area contributed by atoms with E-state index < -0.39 is 17.4 Å². The van der Waals surface area contributed by atoms with Gasteiger partial charge < -0.3 is 25.2 Å². The summed E-state index contributed by atoms with van der Waals surface area (Å²) in [5.74, 6) is -0.244. The smallest absolute Gasteiger partial charge is 0.313 e. The van der Waals surface area contributed by atoms with E-state index in [1.165, 1.54) is 0 Å². The number of aliphatic hydroxyl groups is 1. The Kier molecular flexibility index (Phi) is 3.66. The summed E-state index contributed by atoms with van der Waals surface area (Å²) >= 11 is 0. The Morgan fingerprint density at radius 3 is 2.73 bits per heavy atom. The first kappa shape index (κ1) is 14.6. The molecule has 1 atom stereocenters. The van der Waals surface area contributed by atoms with E-state index in [1.807, 2.05) is 0 Å². The van der Waals surface area contributed by atoms with Gasteiger partial charge in [-0.1, -0.05) is 0 Å². The number of anilines is 1. The average molecular weight is 306 g/mol. The number of hydrogen-bond acceptors (Lipinski definition) is 5. The fraction of sp³-hybridized carbons (Fsp3) is 0.467. The van der Waals surface area contributed by atoms with E-state index >= 15 is 0 Å². The Hall–Kier alpha value is -2.28. The van der Waals surface area contributed by atoms with Crippen LogP contribution in [0.1, 0.15) is 19.8 Å². The quantitative estimate of drug-likeness (QED) is 0.709. The molecule has 1 aliphatic heterocycles. The first-order valence-electron chi connectivity index (χ1n) is 7.17. The molecule has 3 rings (SSSR count). The molecular weight excluding hydrogens is 288 g/mol. The molecule has 7 nitrogen and oxygen atoms in total. The highest BCUT2D eigenvalue weighted by molar-refractivity contribution is 6.39. The summed E-state index contributed by atoms with van der Waals surface area (Å²) < 4.78 is 10.4. The van der Waals surface area contributed by atoms with E-state index in [9.17, 15) is 14.7 Å². The zero-order valence-corrected chi connectivity index (χ0v) is 12.2. The summed E-state index contributed by atoms with van der Waals surface area (Å²) in [5.41, 5.74) is -0.521. The molecule has 1 aliphatic carbocycles. The van der Waals surface area contributed by atoms with Crippen molar-refractivity contribution in [3.63, 3.8) is 0 Å². The minimum atomic E-state index is -0.964. The maximum Gasteiger partial charge on any atom is 0.313 e. The van der Waals surface area contributed by atoms with Crippen molar-refractivity contribution in [2.24, 2.45) is 5.92 Å². The molecule has 1 aromatic rings. The van der Waals surface area contributed by atoms with Gasteiger partial charge in [-0.25, -0.2) is 0 Å². The van der Waals surface area contributed by atoms with Crippen LogP contribution in [-0.2, 0) is 9.59 Å². The van der Waals surface area contributed by atoms with E-state index in [2.05, 4.69) is 10.6 Å². The fourth-order valence-corrected chi connectivity index (χ4v) is 2.35. The molecule has 1 aromatic carbocycles. The van der Waals surface area contributed by atoms with Gasteiger partial charge in [0.15, 0.2) is 11.5 Å². The number of fused-ring (bicyclic) bond motifs is 1. The third kappa shape index (κ3) is 3.14. The van der Waals surface area contributed by atoms with Gasteiger partial charge in [-0.2, -0.15) is 0 Å². The largest absolute Gasteiger partial charge is 0.454 e. The second kappa shape index (κ2) is 5.49. The lowest BCUT2D eigenvalue weighted by atomic mass is 10.0. The number of ether oxygens (including phenoxy) is 2. The highest BCUT2D eigenvalue weighted by Crippen LogP contribution is 2.39. The second-order valence-electron chi connectivity index (χ2n) is 5.84. The summed E-state index contributed by atoms with van der Waals surface area (Å²) in [6.07, 6.45) is 1.90. The highest BCUT2D eigenvalue weighted by atomic mass is 16.7. The van der Waals surface area contributed by atoms with E-state index in [4.69, 9.17) is 9.47 Å². The molecule has 0 spiro atoms. The first-order chi connectivity index (χ1) is 10.5. The third-order valence-electron chi connectivity index (χ3n) is 3.90. The van der Waals surface area contributed by atoms with Gasteiger partial charge in [-0.15, -0.1) is 0 Å². The molecule has 7 heteroatoms.